The summed E-state index contributed by atoms with van der Waals surface area (Å²) in [4.78, 5) is 29.1. The summed E-state index contributed by atoms with van der Waals surface area (Å²) in [6.07, 6.45) is 0.758. The molecular formula is C24H28N2O5. The molecule has 2 aromatic rings. The Kier molecular flexibility index (Phi) is 5.20. The van der Waals surface area contributed by atoms with E-state index in [-0.39, 0.29) is 41.6 Å². The van der Waals surface area contributed by atoms with E-state index in [1.807, 2.05) is 6.07 Å². The number of amides is 1. The molecule has 0 aliphatic carbocycles. The lowest BCUT2D eigenvalue weighted by atomic mass is 9.83. The smallest absolute Gasteiger partial charge is 0.289 e. The predicted molar refractivity (Wildman–Crippen MR) is 114 cm³/mol. The number of hydrogen-bond acceptors (Lipinski definition) is 6. The third kappa shape index (κ3) is 3.71. The van der Waals surface area contributed by atoms with Crippen molar-refractivity contribution in [2.24, 2.45) is 11.8 Å². The highest BCUT2D eigenvalue weighted by atomic mass is 16.5. The quantitative estimate of drug-likeness (QED) is 0.780. The minimum atomic E-state index is -0.479. The van der Waals surface area contributed by atoms with Gasteiger partial charge in [-0.25, -0.2) is 0 Å². The molecule has 7 nitrogen and oxygen atoms in total. The van der Waals surface area contributed by atoms with E-state index in [2.05, 4.69) is 29.2 Å². The topological polar surface area (TPSA) is 83.2 Å². The van der Waals surface area contributed by atoms with Gasteiger partial charge in [0.1, 0.15) is 11.4 Å². The van der Waals surface area contributed by atoms with Crippen molar-refractivity contribution in [2.45, 2.75) is 25.0 Å². The van der Waals surface area contributed by atoms with Crippen LogP contribution in [0, 0.1) is 18.8 Å². The van der Waals surface area contributed by atoms with E-state index in [4.69, 9.17) is 9.15 Å². The largest absolute Gasteiger partial charge is 0.456 e. The summed E-state index contributed by atoms with van der Waals surface area (Å²) in [7, 11) is 0. The van der Waals surface area contributed by atoms with Crippen LogP contribution in [0.5, 0.6) is 0 Å². The first-order valence-corrected chi connectivity index (χ1v) is 10.9. The third-order valence-corrected chi connectivity index (χ3v) is 7.02. The minimum Gasteiger partial charge on any atom is -0.456 e. The molecule has 3 aliphatic heterocycles. The van der Waals surface area contributed by atoms with Crippen molar-refractivity contribution in [1.29, 1.82) is 0 Å². The number of carbonyl (C=O) groups is 1. The highest BCUT2D eigenvalue weighted by molar-refractivity contribution is 5.91. The fourth-order valence-corrected chi connectivity index (χ4v) is 5.65. The maximum atomic E-state index is 13.2. The summed E-state index contributed by atoms with van der Waals surface area (Å²) in [6, 6.07) is 13.0. The van der Waals surface area contributed by atoms with Crippen LogP contribution in [0.25, 0.3) is 0 Å². The average Bonchev–Trinajstić information content (AvgIpc) is 3.18. The van der Waals surface area contributed by atoms with Crippen LogP contribution in [-0.4, -0.2) is 71.8 Å². The monoisotopic (exact) mass is 424 g/mol. The number of nitrogens with zero attached hydrogens (tertiary/aromatic N) is 2. The maximum Gasteiger partial charge on any atom is 0.289 e. The molecule has 31 heavy (non-hydrogen) atoms. The number of carbonyl (C=O) groups excluding carboxylic acids is 1. The summed E-state index contributed by atoms with van der Waals surface area (Å²) in [5.41, 5.74) is 0.581. The number of aliphatic hydroxyl groups excluding tert-OH is 1. The number of morpholine rings is 1. The first-order chi connectivity index (χ1) is 15.0. The second kappa shape index (κ2) is 7.89. The SMILES string of the molecule is Cc1cc(=O)cc(C(=O)N2C[C@H]3O[C@@]4(CN(CCc5ccccc5)C[C@@H]4[C@@H]3CO)C2)o1. The summed E-state index contributed by atoms with van der Waals surface area (Å²) in [5.74, 6) is 0.390. The van der Waals surface area contributed by atoms with Gasteiger partial charge < -0.3 is 19.2 Å². The minimum absolute atomic E-state index is 0.00374. The first-order valence-electron chi connectivity index (χ1n) is 10.9. The number of ether oxygens (including phenoxy) is 1. The van der Waals surface area contributed by atoms with Gasteiger partial charge in [0.2, 0.25) is 0 Å². The van der Waals surface area contributed by atoms with Crippen molar-refractivity contribution in [3.8, 4) is 0 Å². The molecule has 7 heteroatoms. The molecule has 3 aliphatic rings. The van der Waals surface area contributed by atoms with Gasteiger partial charge in [0, 0.05) is 56.8 Å². The Labute approximate surface area is 181 Å². The summed E-state index contributed by atoms with van der Waals surface area (Å²) < 4.78 is 12.0. The van der Waals surface area contributed by atoms with Gasteiger partial charge in [0.25, 0.3) is 5.91 Å². The van der Waals surface area contributed by atoms with E-state index >= 15 is 0 Å². The van der Waals surface area contributed by atoms with Gasteiger partial charge in [-0.2, -0.15) is 0 Å². The molecule has 5 rings (SSSR count). The zero-order chi connectivity index (χ0) is 21.6. The molecule has 3 saturated heterocycles. The van der Waals surface area contributed by atoms with Gasteiger partial charge in [-0.1, -0.05) is 30.3 Å². The molecule has 3 fully saturated rings. The van der Waals surface area contributed by atoms with E-state index < -0.39 is 5.60 Å². The lowest BCUT2D eigenvalue weighted by Gasteiger charge is -2.40. The normalized spacial score (nSPS) is 29.9. The van der Waals surface area contributed by atoms with Crippen LogP contribution >= 0.6 is 0 Å². The fraction of sp³-hybridized carbons (Fsp3) is 0.500. The lowest BCUT2D eigenvalue weighted by Crippen LogP contribution is -2.55. The molecule has 4 heterocycles. The second-order valence-corrected chi connectivity index (χ2v) is 9.10. The fourth-order valence-electron chi connectivity index (χ4n) is 5.65. The highest BCUT2D eigenvalue weighted by Gasteiger charge is 2.62. The van der Waals surface area contributed by atoms with Crippen LogP contribution in [0.2, 0.25) is 0 Å². The molecule has 4 atom stereocenters. The number of likely N-dealkylation sites (tertiary alicyclic amines) is 2. The van der Waals surface area contributed by atoms with Crippen LogP contribution in [0.1, 0.15) is 21.9 Å². The van der Waals surface area contributed by atoms with Crippen molar-refractivity contribution in [2.75, 3.05) is 39.3 Å². The number of aryl methyl sites for hydroxylation is 1. The van der Waals surface area contributed by atoms with Crippen molar-refractivity contribution in [3.63, 3.8) is 0 Å². The molecule has 1 N–H and O–H groups in total. The standard InChI is InChI=1S/C24H28N2O5/c1-16-9-18(28)10-21(30-16)23(29)26-12-22-19(13-27)20-11-25(14-24(20,15-26)31-22)8-7-17-5-3-2-4-6-17/h2-6,9-10,19-20,22,27H,7-8,11-15H2,1H3/t19-,20+,22+,24-/m0/s1. The van der Waals surface area contributed by atoms with E-state index in [1.54, 1.807) is 11.8 Å². The maximum absolute atomic E-state index is 13.2. The molecule has 164 valence electrons. The lowest BCUT2D eigenvalue weighted by molar-refractivity contribution is -0.108. The van der Waals surface area contributed by atoms with Crippen molar-refractivity contribution in [3.05, 3.63) is 69.8 Å². The number of hydrogen-bond donors (Lipinski definition) is 1. The van der Waals surface area contributed by atoms with E-state index in [0.717, 1.165) is 26.1 Å². The van der Waals surface area contributed by atoms with Crippen molar-refractivity contribution < 1.29 is 19.1 Å². The van der Waals surface area contributed by atoms with Gasteiger partial charge in [-0.15, -0.1) is 0 Å². The first kappa shape index (κ1) is 20.4. The molecule has 0 saturated carbocycles. The van der Waals surface area contributed by atoms with Crippen molar-refractivity contribution >= 4 is 5.91 Å². The molecule has 0 radical (unpaired) electrons. The summed E-state index contributed by atoms with van der Waals surface area (Å²) in [6.45, 7) is 5.07. The Hall–Kier alpha value is -2.48. The molecule has 0 unspecified atom stereocenters. The molecule has 1 aromatic carbocycles. The van der Waals surface area contributed by atoms with Crippen LogP contribution in [-0.2, 0) is 11.2 Å². The molecular weight excluding hydrogens is 396 g/mol. The van der Waals surface area contributed by atoms with Gasteiger partial charge >= 0.3 is 0 Å². The average molecular weight is 424 g/mol. The number of aliphatic hydroxyl groups is 1. The number of benzene rings is 1. The highest BCUT2D eigenvalue weighted by Crippen LogP contribution is 2.49. The predicted octanol–water partition coefficient (Wildman–Crippen LogP) is 1.32. The molecule has 1 spiro atoms. The number of rotatable bonds is 5. The van der Waals surface area contributed by atoms with Gasteiger partial charge in [-0.3, -0.25) is 14.5 Å². The Balaban J connectivity index is 1.34. The Morgan fingerprint density at radius 1 is 1.19 bits per heavy atom. The van der Waals surface area contributed by atoms with Crippen LogP contribution in [0.3, 0.4) is 0 Å². The van der Waals surface area contributed by atoms with Gasteiger partial charge in [-0.05, 0) is 18.9 Å². The molecule has 1 amide bonds. The summed E-state index contributed by atoms with van der Waals surface area (Å²) >= 11 is 0. The Morgan fingerprint density at radius 3 is 2.74 bits per heavy atom. The van der Waals surface area contributed by atoms with E-state index in [9.17, 15) is 14.7 Å². The van der Waals surface area contributed by atoms with Crippen LogP contribution in [0.4, 0.5) is 0 Å². The van der Waals surface area contributed by atoms with Crippen LogP contribution < -0.4 is 5.43 Å². The second-order valence-electron chi connectivity index (χ2n) is 9.10. The Morgan fingerprint density at radius 2 is 2.00 bits per heavy atom. The van der Waals surface area contributed by atoms with Gasteiger partial charge in [0.15, 0.2) is 11.2 Å². The molecule has 1 aromatic heterocycles. The zero-order valence-electron chi connectivity index (χ0n) is 17.7. The Bertz CT molecular complexity index is 1020. The number of fused-ring (bicyclic) bond motifs is 1. The van der Waals surface area contributed by atoms with E-state index in [1.165, 1.54) is 17.7 Å². The van der Waals surface area contributed by atoms with Crippen LogP contribution in [0.15, 0.2) is 51.7 Å². The van der Waals surface area contributed by atoms with Crippen molar-refractivity contribution in [1.82, 2.24) is 9.80 Å². The third-order valence-electron chi connectivity index (χ3n) is 7.02. The summed E-state index contributed by atoms with van der Waals surface area (Å²) in [5, 5.41) is 10.1. The zero-order valence-corrected chi connectivity index (χ0v) is 17.7. The van der Waals surface area contributed by atoms with E-state index in [0.29, 0.717) is 18.8 Å². The molecule has 2 bridgehead atoms. The van der Waals surface area contributed by atoms with Gasteiger partial charge in [0.05, 0.1) is 12.6 Å².